The van der Waals surface area contributed by atoms with Crippen LogP contribution in [0.5, 0.6) is 0 Å². The number of rotatable bonds is 2. The molecule has 1 aliphatic heterocycles. The fourth-order valence-electron chi connectivity index (χ4n) is 0.713. The summed E-state index contributed by atoms with van der Waals surface area (Å²) in [5.74, 6) is 0. The second kappa shape index (κ2) is 4.99. The van der Waals surface area contributed by atoms with Crippen molar-refractivity contribution in [2.24, 2.45) is 0 Å². The highest BCUT2D eigenvalue weighted by Gasteiger charge is 2.15. The van der Waals surface area contributed by atoms with Gasteiger partial charge in [-0.25, -0.2) is 0 Å². The highest BCUT2D eigenvalue weighted by atomic mass is 28.4. The number of hydrogen-bond donors (Lipinski definition) is 0. The van der Waals surface area contributed by atoms with E-state index in [4.69, 9.17) is 12.3 Å². The van der Waals surface area contributed by atoms with Crippen molar-refractivity contribution in [3.05, 3.63) is 12.2 Å². The molecule has 1 fully saturated rings. The van der Waals surface area contributed by atoms with Crippen molar-refractivity contribution in [1.82, 2.24) is 0 Å². The van der Waals surface area contributed by atoms with Gasteiger partial charge in [-0.15, -0.1) is 0 Å². The Hall–Kier alpha value is 0.271. The molecular formula is C4H12O3Si3. The van der Waals surface area contributed by atoms with E-state index >= 15 is 0 Å². The van der Waals surface area contributed by atoms with Crippen molar-refractivity contribution in [2.75, 3.05) is 0 Å². The zero-order valence-corrected chi connectivity index (χ0v) is 10.1. The quantitative estimate of drug-likeness (QED) is 0.408. The molecule has 0 aliphatic carbocycles. The summed E-state index contributed by atoms with van der Waals surface area (Å²) in [6, 6.07) is 1.01. The van der Waals surface area contributed by atoms with E-state index in [9.17, 15) is 0 Å². The molecule has 6 heteroatoms. The molecule has 1 rings (SSSR count). The molecule has 3 nitrogen and oxygen atoms in total. The Morgan fingerprint density at radius 3 is 2.70 bits per heavy atom. The maximum absolute atomic E-state index is 5.40. The monoisotopic (exact) mass is 192 g/mol. The summed E-state index contributed by atoms with van der Waals surface area (Å²) in [7, 11) is -2.44. The van der Waals surface area contributed by atoms with E-state index in [1.54, 1.807) is 0 Å². The lowest BCUT2D eigenvalue weighted by Gasteiger charge is -2.20. The molecule has 0 saturated carbocycles. The van der Waals surface area contributed by atoms with Crippen molar-refractivity contribution in [2.45, 2.75) is 13.0 Å². The van der Waals surface area contributed by atoms with Crippen LogP contribution in [-0.4, -0.2) is 29.3 Å². The molecule has 0 aromatic heterocycles. The molecular weight excluding hydrogens is 180 g/mol. The van der Waals surface area contributed by atoms with Crippen LogP contribution in [0, 0.1) is 0 Å². The predicted octanol–water partition coefficient (Wildman–Crippen LogP) is -1.16. The average molecular weight is 192 g/mol. The molecule has 1 heterocycles. The van der Waals surface area contributed by atoms with Crippen LogP contribution in [0.1, 0.15) is 6.92 Å². The Balaban J connectivity index is 2.13. The third-order valence-electron chi connectivity index (χ3n) is 1.24. The van der Waals surface area contributed by atoms with Gasteiger partial charge in [-0.3, -0.25) is 0 Å². The van der Waals surface area contributed by atoms with E-state index in [1.165, 1.54) is 0 Å². The SMILES string of the molecule is CC=CC[SiH]1O[SiH2]O[SiH2]O1. The Labute approximate surface area is 67.3 Å². The molecule has 0 atom stereocenters. The third kappa shape index (κ3) is 2.90. The first-order chi connectivity index (χ1) is 4.93. The van der Waals surface area contributed by atoms with E-state index in [-0.39, 0.29) is 0 Å². The van der Waals surface area contributed by atoms with E-state index in [1.807, 2.05) is 13.0 Å². The van der Waals surface area contributed by atoms with Crippen molar-refractivity contribution in [1.29, 1.82) is 0 Å². The molecule has 0 radical (unpaired) electrons. The molecule has 1 saturated heterocycles. The summed E-state index contributed by atoms with van der Waals surface area (Å²) in [5, 5.41) is 0. The van der Waals surface area contributed by atoms with E-state index in [2.05, 4.69) is 6.08 Å². The van der Waals surface area contributed by atoms with Crippen LogP contribution in [-0.2, 0) is 12.3 Å². The predicted molar refractivity (Wildman–Crippen MR) is 47.1 cm³/mol. The third-order valence-corrected chi connectivity index (χ3v) is 7.29. The molecule has 0 bridgehead atoms. The topological polar surface area (TPSA) is 27.7 Å². The minimum atomic E-state index is -1.23. The summed E-state index contributed by atoms with van der Waals surface area (Å²) in [5.41, 5.74) is 0. The highest BCUT2D eigenvalue weighted by molar-refractivity contribution is 6.61. The van der Waals surface area contributed by atoms with E-state index in [0.717, 1.165) is 6.04 Å². The van der Waals surface area contributed by atoms with Gasteiger partial charge in [0, 0.05) is 6.04 Å². The molecule has 10 heavy (non-hydrogen) atoms. The summed E-state index contributed by atoms with van der Waals surface area (Å²) in [6.07, 6.45) is 4.16. The molecule has 58 valence electrons. The van der Waals surface area contributed by atoms with Crippen LogP contribution in [0.3, 0.4) is 0 Å². The lowest BCUT2D eigenvalue weighted by Crippen LogP contribution is -2.34. The van der Waals surface area contributed by atoms with Gasteiger partial charge < -0.3 is 12.3 Å². The maximum atomic E-state index is 5.40. The molecule has 0 aromatic carbocycles. The van der Waals surface area contributed by atoms with Gasteiger partial charge in [0.05, 0.1) is 0 Å². The second-order valence-electron chi connectivity index (χ2n) is 2.01. The van der Waals surface area contributed by atoms with Crippen molar-refractivity contribution < 1.29 is 12.3 Å². The van der Waals surface area contributed by atoms with Gasteiger partial charge in [0.25, 0.3) is 20.0 Å². The van der Waals surface area contributed by atoms with E-state index < -0.39 is 29.3 Å². The van der Waals surface area contributed by atoms with Gasteiger partial charge in [0.2, 0.25) is 0 Å². The minimum absolute atomic E-state index is 0.602. The van der Waals surface area contributed by atoms with Gasteiger partial charge in [0.1, 0.15) is 0 Å². The standard InChI is InChI=1S/C4H12O3Si3/c1-2-3-4-10-6-8-5-9-7-10/h2-3,10H,4,8-9H2,1H3. The summed E-state index contributed by atoms with van der Waals surface area (Å²) < 4.78 is 15.9. The molecule has 0 aromatic rings. The smallest absolute Gasteiger partial charge is 0.306 e. The fourth-order valence-corrected chi connectivity index (χ4v) is 7.54. The molecule has 1 aliphatic rings. The summed E-state index contributed by atoms with van der Waals surface area (Å²) in [4.78, 5) is 0. The average Bonchev–Trinajstić information content (AvgIpc) is 2.03. The van der Waals surface area contributed by atoms with Gasteiger partial charge in [-0.2, -0.15) is 0 Å². The van der Waals surface area contributed by atoms with Crippen LogP contribution in [0.15, 0.2) is 12.2 Å². The summed E-state index contributed by atoms with van der Waals surface area (Å²) >= 11 is 0. The maximum Gasteiger partial charge on any atom is 0.306 e. The van der Waals surface area contributed by atoms with Gasteiger partial charge in [-0.05, 0) is 6.92 Å². The Bertz CT molecular complexity index is 112. The van der Waals surface area contributed by atoms with Crippen molar-refractivity contribution in [3.8, 4) is 0 Å². The zero-order valence-electron chi connectivity index (χ0n) is 6.08. The summed E-state index contributed by atoms with van der Waals surface area (Å²) in [6.45, 7) is 2.02. The normalized spacial score (nSPS) is 32.3. The van der Waals surface area contributed by atoms with Crippen LogP contribution in [0.25, 0.3) is 0 Å². The van der Waals surface area contributed by atoms with Crippen LogP contribution in [0.4, 0.5) is 0 Å². The second-order valence-corrected chi connectivity index (χ2v) is 8.11. The Morgan fingerprint density at radius 1 is 1.40 bits per heavy atom. The van der Waals surface area contributed by atoms with Gasteiger partial charge in [-0.1, -0.05) is 12.2 Å². The van der Waals surface area contributed by atoms with Crippen LogP contribution in [0.2, 0.25) is 6.04 Å². The molecule has 0 N–H and O–H groups in total. The van der Waals surface area contributed by atoms with Crippen LogP contribution >= 0.6 is 0 Å². The van der Waals surface area contributed by atoms with E-state index in [0.29, 0.717) is 0 Å². The lowest BCUT2D eigenvalue weighted by molar-refractivity contribution is 0.325. The zero-order chi connectivity index (χ0) is 7.23. The Kier molecular flexibility index (Phi) is 4.18. The molecule has 0 spiro atoms. The van der Waals surface area contributed by atoms with Crippen molar-refractivity contribution >= 4 is 29.3 Å². The molecule has 0 amide bonds. The van der Waals surface area contributed by atoms with Gasteiger partial charge in [0.15, 0.2) is 0 Å². The number of allylic oxidation sites excluding steroid dienone is 2. The number of hydrogen-bond acceptors (Lipinski definition) is 3. The fraction of sp³-hybridized carbons (Fsp3) is 0.500. The first-order valence-electron chi connectivity index (χ1n) is 3.35. The largest absolute Gasteiger partial charge is 0.425 e. The molecule has 0 unspecified atom stereocenters. The minimum Gasteiger partial charge on any atom is -0.425 e. The Morgan fingerprint density at radius 2 is 2.10 bits per heavy atom. The first kappa shape index (κ1) is 8.37. The lowest BCUT2D eigenvalue weighted by atomic mass is 10.6. The van der Waals surface area contributed by atoms with Crippen LogP contribution < -0.4 is 0 Å². The van der Waals surface area contributed by atoms with Gasteiger partial charge >= 0.3 is 9.28 Å². The highest BCUT2D eigenvalue weighted by Crippen LogP contribution is 2.00. The first-order valence-corrected chi connectivity index (χ1v) is 7.42. The van der Waals surface area contributed by atoms with Crippen molar-refractivity contribution in [3.63, 3.8) is 0 Å².